The molecule has 5 rings (SSSR count). The maximum Gasteiger partial charge on any atom is 0.356 e. The largest absolute Gasteiger partial charge is 0.494 e. The summed E-state index contributed by atoms with van der Waals surface area (Å²) in [5, 5.41) is 9.84. The fourth-order valence-corrected chi connectivity index (χ4v) is 4.46. The SMILES string of the molecule is CCCCCOc1ccc(C2C(C#N)=C(N)Oc3cc(OC(=O)C4COc5ccccc5O4)ccc32)cc1. The smallest absolute Gasteiger partial charge is 0.356 e. The topological polar surface area (TPSA) is 113 Å². The zero-order chi connectivity index (χ0) is 26.5. The van der Waals surface area contributed by atoms with E-state index in [-0.39, 0.29) is 18.2 Å². The number of benzene rings is 3. The van der Waals surface area contributed by atoms with Crippen molar-refractivity contribution in [3.63, 3.8) is 0 Å². The molecule has 0 saturated heterocycles. The van der Waals surface area contributed by atoms with Crippen molar-refractivity contribution in [1.29, 1.82) is 5.26 Å². The highest BCUT2D eigenvalue weighted by Gasteiger charge is 2.32. The summed E-state index contributed by atoms with van der Waals surface area (Å²) in [6.45, 7) is 2.85. The minimum Gasteiger partial charge on any atom is -0.494 e. The number of nitrogens with zero attached hydrogens (tertiary/aromatic N) is 1. The van der Waals surface area contributed by atoms with E-state index in [2.05, 4.69) is 13.0 Å². The highest BCUT2D eigenvalue weighted by Crippen LogP contribution is 2.43. The van der Waals surface area contributed by atoms with Crippen LogP contribution in [0.1, 0.15) is 43.2 Å². The highest BCUT2D eigenvalue weighted by molar-refractivity contribution is 5.78. The van der Waals surface area contributed by atoms with Gasteiger partial charge in [0.2, 0.25) is 12.0 Å². The summed E-state index contributed by atoms with van der Waals surface area (Å²) in [4.78, 5) is 12.8. The van der Waals surface area contributed by atoms with Gasteiger partial charge in [-0.1, -0.05) is 50.1 Å². The van der Waals surface area contributed by atoms with Crippen LogP contribution in [0.15, 0.2) is 78.2 Å². The number of ether oxygens (including phenoxy) is 5. The van der Waals surface area contributed by atoms with E-state index in [0.717, 1.165) is 36.1 Å². The zero-order valence-electron chi connectivity index (χ0n) is 21.0. The Balaban J connectivity index is 1.33. The normalized spacial score (nSPS) is 17.6. The molecule has 0 aliphatic carbocycles. The highest BCUT2D eigenvalue weighted by atomic mass is 16.6. The predicted molar refractivity (Wildman–Crippen MR) is 139 cm³/mol. The van der Waals surface area contributed by atoms with Crippen molar-refractivity contribution in [3.8, 4) is 34.8 Å². The van der Waals surface area contributed by atoms with Gasteiger partial charge in [-0.25, -0.2) is 4.79 Å². The van der Waals surface area contributed by atoms with Gasteiger partial charge >= 0.3 is 5.97 Å². The van der Waals surface area contributed by atoms with Crippen LogP contribution < -0.4 is 29.4 Å². The summed E-state index contributed by atoms with van der Waals surface area (Å²) in [7, 11) is 0. The van der Waals surface area contributed by atoms with Crippen molar-refractivity contribution < 1.29 is 28.5 Å². The molecule has 2 heterocycles. The third-order valence-electron chi connectivity index (χ3n) is 6.41. The van der Waals surface area contributed by atoms with Gasteiger partial charge in [-0.2, -0.15) is 5.26 Å². The Bertz CT molecular complexity index is 1390. The molecule has 8 heteroatoms. The van der Waals surface area contributed by atoms with Gasteiger partial charge < -0.3 is 29.4 Å². The first-order valence-electron chi connectivity index (χ1n) is 12.6. The lowest BCUT2D eigenvalue weighted by atomic mass is 9.83. The van der Waals surface area contributed by atoms with Crippen molar-refractivity contribution in [1.82, 2.24) is 0 Å². The van der Waals surface area contributed by atoms with E-state index in [1.165, 1.54) is 0 Å². The van der Waals surface area contributed by atoms with E-state index in [0.29, 0.717) is 29.4 Å². The molecule has 3 aromatic carbocycles. The third-order valence-corrected chi connectivity index (χ3v) is 6.41. The van der Waals surface area contributed by atoms with Crippen molar-refractivity contribution in [3.05, 3.63) is 89.3 Å². The van der Waals surface area contributed by atoms with Crippen LogP contribution in [0.4, 0.5) is 0 Å². The van der Waals surface area contributed by atoms with Crippen LogP contribution in [0.3, 0.4) is 0 Å². The van der Waals surface area contributed by atoms with Crippen LogP contribution in [-0.2, 0) is 4.79 Å². The summed E-state index contributed by atoms with van der Waals surface area (Å²) in [6, 6.07) is 22.0. The van der Waals surface area contributed by atoms with Crippen LogP contribution in [0.2, 0.25) is 0 Å². The number of hydrogen-bond acceptors (Lipinski definition) is 8. The molecule has 0 amide bonds. The molecule has 3 aromatic rings. The van der Waals surface area contributed by atoms with Crippen molar-refractivity contribution >= 4 is 5.97 Å². The molecule has 194 valence electrons. The second kappa shape index (κ2) is 11.2. The fraction of sp³-hybridized carbons (Fsp3) is 0.267. The van der Waals surface area contributed by atoms with Gasteiger partial charge in [0.1, 0.15) is 35.5 Å². The number of carbonyl (C=O) groups is 1. The lowest BCUT2D eigenvalue weighted by Gasteiger charge is -2.27. The molecule has 2 atom stereocenters. The summed E-state index contributed by atoms with van der Waals surface area (Å²) in [6.07, 6.45) is 2.35. The molecule has 0 radical (unpaired) electrons. The van der Waals surface area contributed by atoms with Gasteiger partial charge in [0.15, 0.2) is 11.5 Å². The maximum absolute atomic E-state index is 12.8. The number of unbranched alkanes of at least 4 members (excludes halogenated alkanes) is 2. The lowest BCUT2D eigenvalue weighted by molar-refractivity contribution is -0.144. The van der Waals surface area contributed by atoms with Crippen molar-refractivity contribution in [2.24, 2.45) is 5.73 Å². The first-order valence-corrected chi connectivity index (χ1v) is 12.6. The van der Waals surface area contributed by atoms with Gasteiger partial charge in [0, 0.05) is 11.6 Å². The van der Waals surface area contributed by atoms with Crippen LogP contribution in [0.25, 0.3) is 0 Å². The summed E-state index contributed by atoms with van der Waals surface area (Å²) in [5.74, 6) is 1.48. The number of hydrogen-bond donors (Lipinski definition) is 1. The minimum absolute atomic E-state index is 0.00832. The van der Waals surface area contributed by atoms with Gasteiger partial charge in [0.05, 0.1) is 12.5 Å². The third kappa shape index (κ3) is 5.23. The molecule has 2 N–H and O–H groups in total. The molecule has 38 heavy (non-hydrogen) atoms. The fourth-order valence-electron chi connectivity index (χ4n) is 4.46. The first-order chi connectivity index (χ1) is 18.6. The zero-order valence-corrected chi connectivity index (χ0v) is 21.0. The number of rotatable bonds is 8. The monoisotopic (exact) mass is 512 g/mol. The van der Waals surface area contributed by atoms with Crippen LogP contribution in [0.5, 0.6) is 28.7 Å². The van der Waals surface area contributed by atoms with Crippen molar-refractivity contribution in [2.45, 2.75) is 38.2 Å². The molecular weight excluding hydrogens is 484 g/mol. The Labute approximate surface area is 221 Å². The van der Waals surface area contributed by atoms with E-state index >= 15 is 0 Å². The van der Waals surface area contributed by atoms with Crippen LogP contribution >= 0.6 is 0 Å². The lowest BCUT2D eigenvalue weighted by Crippen LogP contribution is -2.39. The maximum atomic E-state index is 12.8. The first kappa shape index (κ1) is 25.0. The van der Waals surface area contributed by atoms with E-state index < -0.39 is 18.0 Å². The number of allylic oxidation sites excluding steroid dienone is 1. The number of fused-ring (bicyclic) bond motifs is 2. The van der Waals surface area contributed by atoms with Gasteiger partial charge in [0.25, 0.3) is 0 Å². The van der Waals surface area contributed by atoms with E-state index in [1.807, 2.05) is 30.3 Å². The molecule has 8 nitrogen and oxygen atoms in total. The Kier molecular flexibility index (Phi) is 7.36. The van der Waals surface area contributed by atoms with Crippen molar-refractivity contribution in [2.75, 3.05) is 13.2 Å². The Morgan fingerprint density at radius 1 is 1.03 bits per heavy atom. The minimum atomic E-state index is -0.910. The number of nitrogens with two attached hydrogens (primary N) is 1. The number of para-hydroxylation sites is 2. The van der Waals surface area contributed by atoms with E-state index in [4.69, 9.17) is 29.4 Å². The molecule has 0 fully saturated rings. The Morgan fingerprint density at radius 2 is 1.79 bits per heavy atom. The van der Waals surface area contributed by atoms with E-state index in [9.17, 15) is 10.1 Å². The number of nitriles is 1. The predicted octanol–water partition coefficient (Wildman–Crippen LogP) is 5.22. The molecular formula is C30H28N2O6. The second-order valence-electron chi connectivity index (χ2n) is 9.03. The summed E-state index contributed by atoms with van der Waals surface area (Å²) in [5.41, 5.74) is 8.05. The van der Waals surface area contributed by atoms with Gasteiger partial charge in [-0.3, -0.25) is 0 Å². The second-order valence-corrected chi connectivity index (χ2v) is 9.03. The number of esters is 1. The summed E-state index contributed by atoms with van der Waals surface area (Å²) >= 11 is 0. The molecule has 0 saturated carbocycles. The van der Waals surface area contributed by atoms with Gasteiger partial charge in [-0.15, -0.1) is 0 Å². The molecule has 2 aliphatic heterocycles. The Hall–Kier alpha value is -4.64. The van der Waals surface area contributed by atoms with Gasteiger partial charge in [-0.05, 0) is 42.3 Å². The average Bonchev–Trinajstić information content (AvgIpc) is 2.94. The number of carbonyl (C=O) groups excluding carboxylic acids is 1. The van der Waals surface area contributed by atoms with E-state index in [1.54, 1.807) is 36.4 Å². The van der Waals surface area contributed by atoms with Crippen LogP contribution in [0, 0.1) is 11.3 Å². The quantitative estimate of drug-likeness (QED) is 0.248. The molecule has 0 spiro atoms. The molecule has 2 unspecified atom stereocenters. The average molecular weight is 513 g/mol. The molecule has 0 aromatic heterocycles. The molecule has 0 bridgehead atoms. The standard InChI is InChI=1S/C30H28N2O6/c1-2-3-6-15-34-20-11-9-19(10-12-20)28-22-14-13-21(16-26(22)38-29(32)23(28)17-31)36-30(33)27-18-35-24-7-4-5-8-25(24)37-27/h4-5,7-14,16,27-28H,2-3,6,15,18,32H2,1H3. The molecule has 2 aliphatic rings. The summed E-state index contributed by atoms with van der Waals surface area (Å²) < 4.78 is 28.5. The Morgan fingerprint density at radius 3 is 2.55 bits per heavy atom. The van der Waals surface area contributed by atoms with Crippen LogP contribution in [-0.4, -0.2) is 25.3 Å².